The molecule has 1 aromatic heterocycles. The van der Waals surface area contributed by atoms with Crippen LogP contribution < -0.4 is 5.73 Å². The standard InChI is InChI=1S/C11H16N2S/c12-6-5-11(3-4-11)9-14-10-1-7-13-8-2-10/h1-2,7-8H,3-6,9,12H2. The van der Waals surface area contributed by atoms with E-state index in [1.807, 2.05) is 24.2 Å². The van der Waals surface area contributed by atoms with E-state index in [2.05, 4.69) is 17.1 Å². The van der Waals surface area contributed by atoms with Gasteiger partial charge in [0.05, 0.1) is 0 Å². The fraction of sp³-hybridized carbons (Fsp3) is 0.545. The van der Waals surface area contributed by atoms with Gasteiger partial charge >= 0.3 is 0 Å². The van der Waals surface area contributed by atoms with Crippen molar-refractivity contribution in [2.75, 3.05) is 12.3 Å². The molecular formula is C11H16N2S. The number of pyridine rings is 1. The second kappa shape index (κ2) is 4.32. The van der Waals surface area contributed by atoms with Gasteiger partial charge in [-0.2, -0.15) is 0 Å². The summed E-state index contributed by atoms with van der Waals surface area (Å²) in [4.78, 5) is 5.33. The van der Waals surface area contributed by atoms with Gasteiger partial charge in [-0.05, 0) is 43.4 Å². The molecule has 0 bridgehead atoms. The Balaban J connectivity index is 1.83. The Morgan fingerprint density at radius 2 is 2.07 bits per heavy atom. The van der Waals surface area contributed by atoms with Crippen LogP contribution in [0.4, 0.5) is 0 Å². The van der Waals surface area contributed by atoms with Crippen molar-refractivity contribution in [1.29, 1.82) is 0 Å². The lowest BCUT2D eigenvalue weighted by molar-refractivity contribution is 0.537. The molecule has 14 heavy (non-hydrogen) atoms. The van der Waals surface area contributed by atoms with Crippen LogP contribution in [0.15, 0.2) is 29.4 Å². The SMILES string of the molecule is NCCC1(CSc2ccncc2)CC1. The molecule has 0 aromatic carbocycles. The maximum Gasteiger partial charge on any atom is 0.0278 e. The molecule has 0 unspecified atom stereocenters. The monoisotopic (exact) mass is 208 g/mol. The van der Waals surface area contributed by atoms with Crippen LogP contribution in [-0.2, 0) is 0 Å². The number of hydrogen-bond donors (Lipinski definition) is 1. The van der Waals surface area contributed by atoms with Gasteiger partial charge in [0.25, 0.3) is 0 Å². The van der Waals surface area contributed by atoms with Crippen molar-refractivity contribution in [3.05, 3.63) is 24.5 Å². The normalized spacial score (nSPS) is 18.1. The van der Waals surface area contributed by atoms with E-state index in [1.165, 1.54) is 29.9 Å². The summed E-state index contributed by atoms with van der Waals surface area (Å²) in [5, 5.41) is 0. The molecular weight excluding hydrogens is 192 g/mol. The van der Waals surface area contributed by atoms with Crippen LogP contribution in [0.2, 0.25) is 0 Å². The molecule has 0 amide bonds. The molecule has 1 aliphatic carbocycles. The molecule has 3 heteroatoms. The first-order valence-corrected chi connectivity index (χ1v) is 6.06. The van der Waals surface area contributed by atoms with E-state index in [0.717, 1.165) is 6.54 Å². The number of hydrogen-bond acceptors (Lipinski definition) is 3. The Hall–Kier alpha value is -0.540. The van der Waals surface area contributed by atoms with Gasteiger partial charge in [0, 0.05) is 23.0 Å². The van der Waals surface area contributed by atoms with Crippen LogP contribution in [0.1, 0.15) is 19.3 Å². The largest absolute Gasteiger partial charge is 0.330 e. The first-order valence-electron chi connectivity index (χ1n) is 5.08. The van der Waals surface area contributed by atoms with Gasteiger partial charge in [-0.1, -0.05) is 0 Å². The van der Waals surface area contributed by atoms with Crippen molar-refractivity contribution in [2.24, 2.45) is 11.1 Å². The fourth-order valence-corrected chi connectivity index (χ4v) is 2.84. The van der Waals surface area contributed by atoms with Crippen molar-refractivity contribution < 1.29 is 0 Å². The minimum atomic E-state index is 0.572. The van der Waals surface area contributed by atoms with Gasteiger partial charge in [-0.15, -0.1) is 11.8 Å². The second-order valence-electron chi connectivity index (χ2n) is 4.01. The molecule has 1 saturated carbocycles. The van der Waals surface area contributed by atoms with Crippen molar-refractivity contribution in [3.8, 4) is 0 Å². The molecule has 1 aliphatic rings. The molecule has 0 saturated heterocycles. The van der Waals surface area contributed by atoms with E-state index in [9.17, 15) is 0 Å². The predicted octanol–water partition coefficient (Wildman–Crippen LogP) is 2.30. The highest BCUT2D eigenvalue weighted by molar-refractivity contribution is 7.99. The topological polar surface area (TPSA) is 38.9 Å². The summed E-state index contributed by atoms with van der Waals surface area (Å²) in [5.41, 5.74) is 6.18. The molecule has 1 aromatic rings. The van der Waals surface area contributed by atoms with Crippen molar-refractivity contribution in [2.45, 2.75) is 24.2 Å². The summed E-state index contributed by atoms with van der Waals surface area (Å²) < 4.78 is 0. The highest BCUT2D eigenvalue weighted by atomic mass is 32.2. The summed E-state index contributed by atoms with van der Waals surface area (Å²) in [6.07, 6.45) is 7.62. The maximum atomic E-state index is 5.60. The molecule has 1 heterocycles. The first kappa shape index (κ1) is 9.99. The van der Waals surface area contributed by atoms with Crippen LogP contribution >= 0.6 is 11.8 Å². The van der Waals surface area contributed by atoms with Crippen LogP contribution in [0.5, 0.6) is 0 Å². The summed E-state index contributed by atoms with van der Waals surface area (Å²) >= 11 is 1.93. The Morgan fingerprint density at radius 1 is 1.36 bits per heavy atom. The average molecular weight is 208 g/mol. The van der Waals surface area contributed by atoms with E-state index in [0.29, 0.717) is 5.41 Å². The lowest BCUT2D eigenvalue weighted by atomic mass is 10.1. The predicted molar refractivity (Wildman–Crippen MR) is 60.3 cm³/mol. The van der Waals surface area contributed by atoms with Gasteiger partial charge in [-0.3, -0.25) is 4.98 Å². The van der Waals surface area contributed by atoms with Gasteiger partial charge in [0.1, 0.15) is 0 Å². The zero-order valence-electron chi connectivity index (χ0n) is 8.28. The molecule has 2 rings (SSSR count). The smallest absolute Gasteiger partial charge is 0.0278 e. The van der Waals surface area contributed by atoms with Gasteiger partial charge < -0.3 is 5.73 Å². The summed E-state index contributed by atoms with van der Waals surface area (Å²) in [6, 6.07) is 4.15. The molecule has 0 atom stereocenters. The Morgan fingerprint density at radius 3 is 2.64 bits per heavy atom. The number of nitrogens with zero attached hydrogens (tertiary/aromatic N) is 1. The van der Waals surface area contributed by atoms with E-state index in [4.69, 9.17) is 5.73 Å². The van der Waals surface area contributed by atoms with Crippen molar-refractivity contribution in [1.82, 2.24) is 4.98 Å². The van der Waals surface area contributed by atoms with Crippen LogP contribution in [-0.4, -0.2) is 17.3 Å². The van der Waals surface area contributed by atoms with Crippen LogP contribution in [0, 0.1) is 5.41 Å². The average Bonchev–Trinajstić information content (AvgIpc) is 2.98. The minimum absolute atomic E-state index is 0.572. The number of rotatable bonds is 5. The molecule has 1 fully saturated rings. The highest BCUT2D eigenvalue weighted by Gasteiger charge is 2.41. The minimum Gasteiger partial charge on any atom is -0.330 e. The zero-order chi connectivity index (χ0) is 9.86. The lowest BCUT2D eigenvalue weighted by Crippen LogP contribution is -2.11. The van der Waals surface area contributed by atoms with E-state index < -0.39 is 0 Å². The third-order valence-electron chi connectivity index (χ3n) is 2.83. The summed E-state index contributed by atoms with van der Waals surface area (Å²) in [5.74, 6) is 1.22. The fourth-order valence-electron chi connectivity index (χ4n) is 1.62. The molecule has 0 aliphatic heterocycles. The Labute approximate surface area is 89.3 Å². The van der Waals surface area contributed by atoms with E-state index >= 15 is 0 Å². The molecule has 76 valence electrons. The Bertz CT molecular complexity index is 283. The lowest BCUT2D eigenvalue weighted by Gasteiger charge is -2.12. The third kappa shape index (κ3) is 2.49. The summed E-state index contributed by atoms with van der Waals surface area (Å²) in [6.45, 7) is 0.830. The number of nitrogens with two attached hydrogens (primary N) is 1. The van der Waals surface area contributed by atoms with Gasteiger partial charge in [-0.25, -0.2) is 0 Å². The quantitative estimate of drug-likeness (QED) is 0.755. The third-order valence-corrected chi connectivity index (χ3v) is 4.19. The second-order valence-corrected chi connectivity index (χ2v) is 5.06. The molecule has 2 N–H and O–H groups in total. The molecule has 0 spiro atoms. The van der Waals surface area contributed by atoms with Crippen LogP contribution in [0.25, 0.3) is 0 Å². The maximum absolute atomic E-state index is 5.60. The molecule has 0 radical (unpaired) electrons. The van der Waals surface area contributed by atoms with E-state index in [1.54, 1.807) is 0 Å². The van der Waals surface area contributed by atoms with Crippen molar-refractivity contribution in [3.63, 3.8) is 0 Å². The molecule has 2 nitrogen and oxygen atoms in total. The van der Waals surface area contributed by atoms with E-state index in [-0.39, 0.29) is 0 Å². The van der Waals surface area contributed by atoms with Gasteiger partial charge in [0.2, 0.25) is 0 Å². The summed E-state index contributed by atoms with van der Waals surface area (Å²) in [7, 11) is 0. The van der Waals surface area contributed by atoms with Crippen LogP contribution in [0.3, 0.4) is 0 Å². The zero-order valence-corrected chi connectivity index (χ0v) is 9.09. The number of aromatic nitrogens is 1. The van der Waals surface area contributed by atoms with Crippen molar-refractivity contribution >= 4 is 11.8 Å². The highest BCUT2D eigenvalue weighted by Crippen LogP contribution is 2.51. The first-order chi connectivity index (χ1) is 6.85. The number of thioether (sulfide) groups is 1. The Kier molecular flexibility index (Phi) is 3.08. The van der Waals surface area contributed by atoms with Gasteiger partial charge in [0.15, 0.2) is 0 Å².